The summed E-state index contributed by atoms with van der Waals surface area (Å²) in [6.07, 6.45) is 5.68. The largest absolute Gasteiger partial charge is 0.481 e. The number of hydrogen-bond donors (Lipinski definition) is 2. The second-order valence-electron chi connectivity index (χ2n) is 5.09. The highest BCUT2D eigenvalue weighted by molar-refractivity contribution is 7.98. The third kappa shape index (κ3) is 5.30. The van der Waals surface area contributed by atoms with Crippen LogP contribution in [0.1, 0.15) is 25.7 Å². The number of hydrogen-bond acceptors (Lipinski definition) is 3. The standard InChI is InChI=1S/C13H24N2O3S/c1-15(7-8-19-2)13(18)14-9-10-5-3-4-6-11(10)12(16)17/h10-11H,3-9H2,1-2H3,(H,14,18)(H,16,17). The molecular formula is C13H24N2O3S. The first-order valence-corrected chi connectivity index (χ1v) is 8.16. The maximum absolute atomic E-state index is 11.8. The molecule has 0 saturated heterocycles. The van der Waals surface area contributed by atoms with Crippen molar-refractivity contribution < 1.29 is 14.7 Å². The molecule has 1 aliphatic rings. The molecule has 2 amide bonds. The Morgan fingerprint density at radius 3 is 2.68 bits per heavy atom. The molecular weight excluding hydrogens is 264 g/mol. The number of amides is 2. The maximum Gasteiger partial charge on any atom is 0.317 e. The fourth-order valence-electron chi connectivity index (χ4n) is 2.46. The van der Waals surface area contributed by atoms with Gasteiger partial charge in [-0.2, -0.15) is 11.8 Å². The number of rotatable bonds is 6. The molecule has 0 aliphatic heterocycles. The second kappa shape index (κ2) is 8.30. The van der Waals surface area contributed by atoms with Crippen LogP contribution in [0.3, 0.4) is 0 Å². The van der Waals surface area contributed by atoms with Crippen LogP contribution in [0, 0.1) is 11.8 Å². The summed E-state index contributed by atoms with van der Waals surface area (Å²) < 4.78 is 0. The van der Waals surface area contributed by atoms with E-state index in [-0.39, 0.29) is 17.9 Å². The van der Waals surface area contributed by atoms with E-state index in [2.05, 4.69) is 5.32 Å². The summed E-state index contributed by atoms with van der Waals surface area (Å²) in [5.41, 5.74) is 0. The van der Waals surface area contributed by atoms with Gasteiger partial charge in [0.2, 0.25) is 0 Å². The first-order valence-electron chi connectivity index (χ1n) is 6.77. The van der Waals surface area contributed by atoms with E-state index in [1.54, 1.807) is 23.7 Å². The quantitative estimate of drug-likeness (QED) is 0.783. The van der Waals surface area contributed by atoms with Crippen molar-refractivity contribution in [3.8, 4) is 0 Å². The van der Waals surface area contributed by atoms with Gasteiger partial charge in [-0.3, -0.25) is 4.79 Å². The van der Waals surface area contributed by atoms with Gasteiger partial charge in [0, 0.05) is 25.9 Å². The molecule has 2 unspecified atom stereocenters. The molecule has 0 heterocycles. The number of aliphatic carboxylic acids is 1. The summed E-state index contributed by atoms with van der Waals surface area (Å²) in [5, 5.41) is 12.0. The molecule has 110 valence electrons. The van der Waals surface area contributed by atoms with Crippen LogP contribution in [0.25, 0.3) is 0 Å². The predicted molar refractivity (Wildman–Crippen MR) is 77.5 cm³/mol. The van der Waals surface area contributed by atoms with Crippen molar-refractivity contribution in [1.82, 2.24) is 10.2 Å². The van der Waals surface area contributed by atoms with Crippen LogP contribution < -0.4 is 5.32 Å². The van der Waals surface area contributed by atoms with Gasteiger partial charge in [0.25, 0.3) is 0 Å². The molecule has 0 spiro atoms. The number of nitrogens with zero attached hydrogens (tertiary/aromatic N) is 1. The highest BCUT2D eigenvalue weighted by Gasteiger charge is 2.30. The smallest absolute Gasteiger partial charge is 0.317 e. The van der Waals surface area contributed by atoms with Crippen molar-refractivity contribution in [2.24, 2.45) is 11.8 Å². The van der Waals surface area contributed by atoms with Crippen LogP contribution in [0.5, 0.6) is 0 Å². The fourth-order valence-corrected chi connectivity index (χ4v) is 2.92. The SMILES string of the molecule is CSCCN(C)C(=O)NCC1CCCCC1C(=O)O. The van der Waals surface area contributed by atoms with Crippen molar-refractivity contribution in [2.75, 3.05) is 32.1 Å². The zero-order valence-electron chi connectivity index (χ0n) is 11.7. The Balaban J connectivity index is 2.37. The van der Waals surface area contributed by atoms with Gasteiger partial charge in [0.05, 0.1) is 5.92 Å². The fraction of sp³-hybridized carbons (Fsp3) is 0.846. The van der Waals surface area contributed by atoms with Crippen molar-refractivity contribution in [2.45, 2.75) is 25.7 Å². The van der Waals surface area contributed by atoms with Crippen LogP contribution in [0.4, 0.5) is 4.79 Å². The minimum Gasteiger partial charge on any atom is -0.481 e. The van der Waals surface area contributed by atoms with Gasteiger partial charge in [-0.15, -0.1) is 0 Å². The molecule has 0 bridgehead atoms. The van der Waals surface area contributed by atoms with Crippen LogP contribution in [0.2, 0.25) is 0 Å². The molecule has 2 atom stereocenters. The van der Waals surface area contributed by atoms with Crippen LogP contribution in [0.15, 0.2) is 0 Å². The molecule has 0 aromatic carbocycles. The highest BCUT2D eigenvalue weighted by Crippen LogP contribution is 2.29. The van der Waals surface area contributed by atoms with Crippen LogP contribution in [-0.2, 0) is 4.79 Å². The average molecular weight is 288 g/mol. The topological polar surface area (TPSA) is 69.6 Å². The van der Waals surface area contributed by atoms with E-state index >= 15 is 0 Å². The zero-order valence-corrected chi connectivity index (χ0v) is 12.5. The Bertz CT molecular complexity index is 312. The first kappa shape index (κ1) is 16.1. The van der Waals surface area contributed by atoms with Crippen LogP contribution in [-0.4, -0.2) is 54.2 Å². The summed E-state index contributed by atoms with van der Waals surface area (Å²) in [6.45, 7) is 1.18. The van der Waals surface area contributed by atoms with E-state index in [1.807, 2.05) is 6.26 Å². The van der Waals surface area contributed by atoms with Gasteiger partial charge >= 0.3 is 12.0 Å². The normalized spacial score (nSPS) is 22.8. The first-order chi connectivity index (χ1) is 9.06. The van der Waals surface area contributed by atoms with Crippen molar-refractivity contribution in [3.63, 3.8) is 0 Å². The third-order valence-electron chi connectivity index (χ3n) is 3.72. The van der Waals surface area contributed by atoms with Crippen LogP contribution >= 0.6 is 11.8 Å². The van der Waals surface area contributed by atoms with E-state index in [0.29, 0.717) is 13.1 Å². The van der Waals surface area contributed by atoms with E-state index in [4.69, 9.17) is 0 Å². The van der Waals surface area contributed by atoms with Gasteiger partial charge in [-0.1, -0.05) is 12.8 Å². The molecule has 0 aromatic heterocycles. The Labute approximate surface area is 119 Å². The van der Waals surface area contributed by atoms with E-state index < -0.39 is 5.97 Å². The molecule has 1 saturated carbocycles. The number of nitrogens with one attached hydrogen (secondary N) is 1. The van der Waals surface area contributed by atoms with Gasteiger partial charge in [-0.25, -0.2) is 4.79 Å². The maximum atomic E-state index is 11.8. The Morgan fingerprint density at radius 1 is 1.37 bits per heavy atom. The van der Waals surface area contributed by atoms with Gasteiger partial charge in [0.15, 0.2) is 0 Å². The lowest BCUT2D eigenvalue weighted by Gasteiger charge is -2.29. The van der Waals surface area contributed by atoms with E-state index in [1.165, 1.54) is 0 Å². The van der Waals surface area contributed by atoms with E-state index in [9.17, 15) is 14.7 Å². The van der Waals surface area contributed by atoms with Gasteiger partial charge < -0.3 is 15.3 Å². The van der Waals surface area contributed by atoms with Crippen molar-refractivity contribution in [1.29, 1.82) is 0 Å². The summed E-state index contributed by atoms with van der Waals surface area (Å²) in [7, 11) is 1.76. The summed E-state index contributed by atoms with van der Waals surface area (Å²) in [5.74, 6) is -0.0464. The molecule has 6 heteroatoms. The molecule has 5 nitrogen and oxygen atoms in total. The molecule has 0 radical (unpaired) electrons. The van der Waals surface area contributed by atoms with E-state index in [0.717, 1.165) is 31.4 Å². The molecule has 1 rings (SSSR count). The average Bonchev–Trinajstić information content (AvgIpc) is 2.42. The molecule has 0 aromatic rings. The summed E-state index contributed by atoms with van der Waals surface area (Å²) in [4.78, 5) is 24.6. The Hall–Kier alpha value is -0.910. The predicted octanol–water partition coefficient (Wildman–Crippen LogP) is 1.88. The minimum atomic E-state index is -0.727. The monoisotopic (exact) mass is 288 g/mol. The molecule has 2 N–H and O–H groups in total. The van der Waals surface area contributed by atoms with Gasteiger partial charge in [-0.05, 0) is 25.0 Å². The van der Waals surface area contributed by atoms with Crippen molar-refractivity contribution in [3.05, 3.63) is 0 Å². The number of carbonyl (C=O) groups is 2. The van der Waals surface area contributed by atoms with Crippen molar-refractivity contribution >= 4 is 23.8 Å². The Morgan fingerprint density at radius 2 is 2.05 bits per heavy atom. The number of thioether (sulfide) groups is 1. The second-order valence-corrected chi connectivity index (χ2v) is 6.08. The minimum absolute atomic E-state index is 0.0733. The molecule has 1 fully saturated rings. The van der Waals surface area contributed by atoms with Gasteiger partial charge in [0.1, 0.15) is 0 Å². The molecule has 19 heavy (non-hydrogen) atoms. The molecule has 1 aliphatic carbocycles. The summed E-state index contributed by atoms with van der Waals surface area (Å²) in [6, 6.07) is -0.108. The lowest BCUT2D eigenvalue weighted by molar-refractivity contribution is -0.144. The number of urea groups is 1. The highest BCUT2D eigenvalue weighted by atomic mass is 32.2. The number of carboxylic acids is 1. The summed E-state index contributed by atoms with van der Waals surface area (Å²) >= 11 is 1.70. The Kier molecular flexibility index (Phi) is 7.05. The third-order valence-corrected chi connectivity index (χ3v) is 4.31. The number of carbonyl (C=O) groups excluding carboxylic acids is 1. The number of carboxylic acid groups (broad SMARTS) is 1. The zero-order chi connectivity index (χ0) is 14.3. The lowest BCUT2D eigenvalue weighted by Crippen LogP contribution is -2.43. The lowest BCUT2D eigenvalue weighted by atomic mass is 9.79.